The van der Waals surface area contributed by atoms with Crippen LogP contribution >= 0.6 is 15.9 Å². The number of imide groups is 1. The molecule has 1 aromatic rings. The van der Waals surface area contributed by atoms with Crippen molar-refractivity contribution in [3.63, 3.8) is 0 Å². The fourth-order valence-electron chi connectivity index (χ4n) is 3.96. The molecule has 0 spiro atoms. The maximum atomic E-state index is 12.8. The van der Waals surface area contributed by atoms with Gasteiger partial charge in [0.15, 0.2) is 0 Å². The first-order valence-electron chi connectivity index (χ1n) is 8.55. The fourth-order valence-corrected chi connectivity index (χ4v) is 4.22. The van der Waals surface area contributed by atoms with Gasteiger partial charge in [0.05, 0.1) is 17.2 Å². The zero-order valence-corrected chi connectivity index (χ0v) is 15.7. The zero-order chi connectivity index (χ0) is 18.4. The number of carbonyl (C=O) groups excluding carboxylic acids is 3. The number of urea groups is 1. The number of fused-ring (bicyclic) bond motifs is 1. The van der Waals surface area contributed by atoms with Crippen LogP contribution in [0.4, 0.5) is 4.79 Å². The Bertz CT molecular complexity index is 820. The molecular formula is C18H18BrN3O4. The lowest BCUT2D eigenvalue weighted by molar-refractivity contribution is -0.136. The van der Waals surface area contributed by atoms with Crippen LogP contribution < -0.4 is 10.6 Å². The number of halogens is 1. The molecule has 3 heterocycles. The van der Waals surface area contributed by atoms with Crippen LogP contribution in [-0.4, -0.2) is 42.1 Å². The molecule has 2 N–H and O–H groups in total. The van der Waals surface area contributed by atoms with Gasteiger partial charge in [-0.1, -0.05) is 35.0 Å². The smallest absolute Gasteiger partial charge is 0.336 e. The molecule has 7 nitrogen and oxygen atoms in total. The second-order valence-electron chi connectivity index (χ2n) is 6.60. The molecule has 3 aliphatic heterocycles. The van der Waals surface area contributed by atoms with Crippen LogP contribution in [0.15, 0.2) is 40.0 Å². The lowest BCUT2D eigenvalue weighted by Gasteiger charge is -2.46. The second-order valence-corrected chi connectivity index (χ2v) is 7.52. The van der Waals surface area contributed by atoms with Gasteiger partial charge in [-0.3, -0.25) is 10.1 Å². The average molecular weight is 420 g/mol. The first-order valence-corrected chi connectivity index (χ1v) is 9.34. The van der Waals surface area contributed by atoms with Gasteiger partial charge >= 0.3 is 12.0 Å². The number of nitrogens with one attached hydrogen (secondary N) is 2. The molecule has 0 radical (unpaired) electrons. The third-order valence-electron chi connectivity index (χ3n) is 5.05. The van der Waals surface area contributed by atoms with Crippen molar-refractivity contribution < 1.29 is 19.1 Å². The number of amides is 3. The Hall–Kier alpha value is -2.35. The number of hydrogen-bond donors (Lipinski definition) is 2. The number of carbonyl (C=O) groups is 3. The molecule has 1 aromatic carbocycles. The number of esters is 1. The maximum Gasteiger partial charge on any atom is 0.336 e. The van der Waals surface area contributed by atoms with Gasteiger partial charge in [-0.15, -0.1) is 0 Å². The summed E-state index contributed by atoms with van der Waals surface area (Å²) in [7, 11) is 0. The van der Waals surface area contributed by atoms with E-state index in [1.165, 1.54) is 0 Å². The van der Waals surface area contributed by atoms with E-state index in [0.29, 0.717) is 17.8 Å². The Morgan fingerprint density at radius 1 is 1.23 bits per heavy atom. The zero-order valence-electron chi connectivity index (χ0n) is 14.1. The molecule has 8 heteroatoms. The molecule has 3 aliphatic rings. The van der Waals surface area contributed by atoms with Crippen molar-refractivity contribution in [2.75, 3.05) is 13.2 Å². The molecule has 136 valence electrons. The van der Waals surface area contributed by atoms with E-state index in [4.69, 9.17) is 4.74 Å². The van der Waals surface area contributed by atoms with Gasteiger partial charge in [-0.25, -0.2) is 9.59 Å². The average Bonchev–Trinajstić information content (AvgIpc) is 2.98. The van der Waals surface area contributed by atoms with Crippen molar-refractivity contribution in [2.24, 2.45) is 5.92 Å². The summed E-state index contributed by atoms with van der Waals surface area (Å²) in [6.07, 6.45) is 0.259. The summed E-state index contributed by atoms with van der Waals surface area (Å²) in [5.74, 6) is -1.86. The molecule has 3 unspecified atom stereocenters. The largest absolute Gasteiger partial charge is 0.456 e. The Labute approximate surface area is 158 Å². The van der Waals surface area contributed by atoms with Crippen LogP contribution in [-0.2, 0) is 14.3 Å². The van der Waals surface area contributed by atoms with Crippen LogP contribution in [0, 0.1) is 5.92 Å². The SMILES string of the molecule is CCCN1C(=O)NC(=O)C2C(c3ccc(Br)cc3)C3=C(COC3=O)NC21. The van der Waals surface area contributed by atoms with E-state index in [1.807, 2.05) is 31.2 Å². The lowest BCUT2D eigenvalue weighted by atomic mass is 9.74. The second kappa shape index (κ2) is 6.42. The molecule has 1 saturated heterocycles. The Balaban J connectivity index is 1.84. The quantitative estimate of drug-likeness (QED) is 0.729. The van der Waals surface area contributed by atoms with Crippen LogP contribution in [0.1, 0.15) is 24.8 Å². The standard InChI is InChI=1S/C18H18BrN3O4/c1-2-7-22-15-14(16(23)21-18(22)25)12(9-3-5-10(19)6-4-9)13-11(20-15)8-26-17(13)24/h3-6,12,14-15,20H,2,7-8H2,1H3,(H,21,23,25). The predicted molar refractivity (Wildman–Crippen MR) is 95.8 cm³/mol. The molecule has 0 saturated carbocycles. The van der Waals surface area contributed by atoms with Crippen LogP contribution in [0.3, 0.4) is 0 Å². The normalized spacial score (nSPS) is 27.5. The van der Waals surface area contributed by atoms with Gasteiger partial charge in [0.2, 0.25) is 5.91 Å². The summed E-state index contributed by atoms with van der Waals surface area (Å²) in [4.78, 5) is 39.1. The number of ether oxygens (including phenoxy) is 1. The molecule has 0 bridgehead atoms. The molecule has 3 atom stereocenters. The van der Waals surface area contributed by atoms with Crippen molar-refractivity contribution in [1.29, 1.82) is 0 Å². The maximum absolute atomic E-state index is 12.8. The molecule has 1 fully saturated rings. The van der Waals surface area contributed by atoms with Crippen LogP contribution in [0.2, 0.25) is 0 Å². The van der Waals surface area contributed by atoms with Gasteiger partial charge in [-0.05, 0) is 24.1 Å². The molecule has 0 aliphatic carbocycles. The van der Waals surface area contributed by atoms with E-state index >= 15 is 0 Å². The fraction of sp³-hybridized carbons (Fsp3) is 0.389. The predicted octanol–water partition coefficient (Wildman–Crippen LogP) is 1.85. The highest BCUT2D eigenvalue weighted by molar-refractivity contribution is 9.10. The number of rotatable bonds is 3. The summed E-state index contributed by atoms with van der Waals surface area (Å²) in [6, 6.07) is 7.13. The highest BCUT2D eigenvalue weighted by Gasteiger charge is 2.53. The topological polar surface area (TPSA) is 87.7 Å². The summed E-state index contributed by atoms with van der Waals surface area (Å²) in [6.45, 7) is 2.62. The first-order chi connectivity index (χ1) is 12.5. The van der Waals surface area contributed by atoms with E-state index < -0.39 is 30.0 Å². The molecule has 4 rings (SSSR count). The van der Waals surface area contributed by atoms with Gasteiger partial charge in [0.1, 0.15) is 12.8 Å². The van der Waals surface area contributed by atoms with Crippen molar-refractivity contribution in [3.05, 3.63) is 45.6 Å². The van der Waals surface area contributed by atoms with Crippen molar-refractivity contribution >= 4 is 33.8 Å². The summed E-state index contributed by atoms with van der Waals surface area (Å²) >= 11 is 3.41. The van der Waals surface area contributed by atoms with E-state index in [2.05, 4.69) is 26.6 Å². The van der Waals surface area contributed by atoms with Crippen LogP contribution in [0.5, 0.6) is 0 Å². The Morgan fingerprint density at radius 3 is 2.65 bits per heavy atom. The highest BCUT2D eigenvalue weighted by atomic mass is 79.9. The van der Waals surface area contributed by atoms with E-state index in [0.717, 1.165) is 16.5 Å². The van der Waals surface area contributed by atoms with E-state index in [1.54, 1.807) is 4.90 Å². The monoisotopic (exact) mass is 419 g/mol. The minimum atomic E-state index is -0.607. The molecule has 26 heavy (non-hydrogen) atoms. The lowest BCUT2D eigenvalue weighted by Crippen LogP contribution is -2.67. The molecule has 3 amide bonds. The number of cyclic esters (lactones) is 1. The van der Waals surface area contributed by atoms with Gasteiger partial charge in [0, 0.05) is 16.9 Å². The summed E-state index contributed by atoms with van der Waals surface area (Å²) in [5.41, 5.74) is 1.99. The molecular weight excluding hydrogens is 402 g/mol. The number of nitrogens with zero attached hydrogens (tertiary/aromatic N) is 1. The van der Waals surface area contributed by atoms with Crippen molar-refractivity contribution in [3.8, 4) is 0 Å². The first kappa shape index (κ1) is 17.1. The Morgan fingerprint density at radius 2 is 1.96 bits per heavy atom. The van der Waals surface area contributed by atoms with Crippen LogP contribution in [0.25, 0.3) is 0 Å². The number of hydrogen-bond acceptors (Lipinski definition) is 5. The molecule has 0 aromatic heterocycles. The summed E-state index contributed by atoms with van der Waals surface area (Å²) < 4.78 is 6.13. The Kier molecular flexibility index (Phi) is 4.22. The number of benzene rings is 1. The van der Waals surface area contributed by atoms with Crippen molar-refractivity contribution in [1.82, 2.24) is 15.5 Å². The van der Waals surface area contributed by atoms with E-state index in [-0.39, 0.29) is 12.5 Å². The van der Waals surface area contributed by atoms with Gasteiger partial charge in [0.25, 0.3) is 0 Å². The minimum absolute atomic E-state index is 0.139. The third kappa shape index (κ3) is 2.59. The highest BCUT2D eigenvalue weighted by Crippen LogP contribution is 2.43. The van der Waals surface area contributed by atoms with E-state index in [9.17, 15) is 14.4 Å². The summed E-state index contributed by atoms with van der Waals surface area (Å²) in [5, 5.41) is 5.67. The third-order valence-corrected chi connectivity index (χ3v) is 5.58. The van der Waals surface area contributed by atoms with Crippen molar-refractivity contribution in [2.45, 2.75) is 25.4 Å². The van der Waals surface area contributed by atoms with Gasteiger partial charge < -0.3 is 15.0 Å². The minimum Gasteiger partial charge on any atom is -0.456 e. The van der Waals surface area contributed by atoms with Gasteiger partial charge in [-0.2, -0.15) is 0 Å².